The molecule has 1 fully saturated rings. The monoisotopic (exact) mass is 263 g/mol. The molecular formula is C14H21N3O2. The van der Waals surface area contributed by atoms with Gasteiger partial charge in [-0.1, -0.05) is 0 Å². The lowest BCUT2D eigenvalue weighted by molar-refractivity contribution is 0.0658. The van der Waals surface area contributed by atoms with Crippen molar-refractivity contribution < 1.29 is 9.59 Å². The second-order valence-corrected chi connectivity index (χ2v) is 5.28. The van der Waals surface area contributed by atoms with Gasteiger partial charge < -0.3 is 14.8 Å². The minimum Gasteiger partial charge on any atom is -0.354 e. The van der Waals surface area contributed by atoms with Gasteiger partial charge in [0.05, 0.1) is 0 Å². The number of hydrogen-bond donors (Lipinski definition) is 1. The predicted octanol–water partition coefficient (Wildman–Crippen LogP) is 1.22. The summed E-state index contributed by atoms with van der Waals surface area (Å²) in [6.45, 7) is 8.47. The molecule has 19 heavy (non-hydrogen) atoms. The first-order valence-electron chi connectivity index (χ1n) is 6.59. The third kappa shape index (κ3) is 2.56. The highest BCUT2D eigenvalue weighted by atomic mass is 16.2. The molecule has 1 N–H and O–H groups in total. The van der Waals surface area contributed by atoms with Crippen LogP contribution >= 0.6 is 0 Å². The summed E-state index contributed by atoms with van der Waals surface area (Å²) in [5.41, 5.74) is 2.76. The van der Waals surface area contributed by atoms with Crippen LogP contribution in [0.3, 0.4) is 0 Å². The van der Waals surface area contributed by atoms with Crippen molar-refractivity contribution in [1.29, 1.82) is 0 Å². The maximum atomic E-state index is 12.5. The topological polar surface area (TPSA) is 56.4 Å². The molecule has 0 bridgehead atoms. The molecule has 5 heteroatoms. The Morgan fingerprint density at radius 2 is 1.68 bits per heavy atom. The molecule has 0 aromatic carbocycles. The number of piperazine rings is 1. The standard InChI is InChI=1S/C14H21N3O2/c1-9-12(11(3)18)10(2)15-13(9)14(19)17-7-5-16(4)6-8-17/h15H,5-8H2,1-4H3. The Morgan fingerprint density at radius 3 is 2.16 bits per heavy atom. The lowest BCUT2D eigenvalue weighted by atomic mass is 10.1. The number of nitrogens with zero attached hydrogens (tertiary/aromatic N) is 2. The van der Waals surface area contributed by atoms with Gasteiger partial charge in [-0.05, 0) is 33.4 Å². The molecule has 0 atom stereocenters. The molecule has 0 aliphatic carbocycles. The number of carbonyl (C=O) groups is 2. The molecular weight excluding hydrogens is 242 g/mol. The molecule has 1 aliphatic heterocycles. The van der Waals surface area contributed by atoms with Gasteiger partial charge in [-0.2, -0.15) is 0 Å². The number of hydrogen-bond acceptors (Lipinski definition) is 3. The van der Waals surface area contributed by atoms with Crippen LogP contribution in [0.1, 0.15) is 39.0 Å². The Morgan fingerprint density at radius 1 is 1.11 bits per heavy atom. The largest absolute Gasteiger partial charge is 0.354 e. The fraction of sp³-hybridized carbons (Fsp3) is 0.571. The number of amides is 1. The first-order valence-corrected chi connectivity index (χ1v) is 6.59. The van der Waals surface area contributed by atoms with E-state index in [1.54, 1.807) is 0 Å². The third-order valence-corrected chi connectivity index (χ3v) is 3.79. The van der Waals surface area contributed by atoms with Crippen LogP contribution in [-0.4, -0.2) is 59.7 Å². The fourth-order valence-electron chi connectivity index (χ4n) is 2.66. The number of likely N-dealkylation sites (N-methyl/N-ethyl adjacent to an activating group) is 1. The molecule has 5 nitrogen and oxygen atoms in total. The molecule has 1 amide bonds. The van der Waals surface area contributed by atoms with Crippen LogP contribution in [0.4, 0.5) is 0 Å². The van der Waals surface area contributed by atoms with Crippen LogP contribution in [0.5, 0.6) is 0 Å². The number of rotatable bonds is 2. The van der Waals surface area contributed by atoms with E-state index in [9.17, 15) is 9.59 Å². The molecule has 0 unspecified atom stereocenters. The number of nitrogens with one attached hydrogen (secondary N) is 1. The van der Waals surface area contributed by atoms with Gasteiger partial charge in [0, 0.05) is 37.4 Å². The lowest BCUT2D eigenvalue weighted by Gasteiger charge is -2.32. The molecule has 1 aliphatic rings. The van der Waals surface area contributed by atoms with E-state index >= 15 is 0 Å². The van der Waals surface area contributed by atoms with Gasteiger partial charge in [-0.25, -0.2) is 0 Å². The first-order chi connectivity index (χ1) is 8.91. The minimum absolute atomic E-state index is 0.00111. The van der Waals surface area contributed by atoms with E-state index < -0.39 is 0 Å². The van der Waals surface area contributed by atoms with Crippen molar-refractivity contribution in [3.63, 3.8) is 0 Å². The number of aromatic nitrogens is 1. The Bertz CT molecular complexity index is 511. The highest BCUT2D eigenvalue weighted by molar-refractivity contribution is 6.02. The zero-order valence-electron chi connectivity index (χ0n) is 12.0. The van der Waals surface area contributed by atoms with Crippen LogP contribution in [0.2, 0.25) is 0 Å². The quantitative estimate of drug-likeness (QED) is 0.816. The Kier molecular flexibility index (Phi) is 3.75. The van der Waals surface area contributed by atoms with E-state index in [0.29, 0.717) is 11.3 Å². The summed E-state index contributed by atoms with van der Waals surface area (Å²) < 4.78 is 0. The smallest absolute Gasteiger partial charge is 0.270 e. The van der Waals surface area contributed by atoms with E-state index in [4.69, 9.17) is 0 Å². The SMILES string of the molecule is CC(=O)c1c(C)[nH]c(C(=O)N2CCN(C)CC2)c1C. The minimum atomic E-state index is 0.00111. The predicted molar refractivity (Wildman–Crippen MR) is 73.7 cm³/mol. The Balaban J connectivity index is 2.25. The van der Waals surface area contributed by atoms with Crippen molar-refractivity contribution in [1.82, 2.24) is 14.8 Å². The second-order valence-electron chi connectivity index (χ2n) is 5.28. The molecule has 1 aromatic rings. The van der Waals surface area contributed by atoms with Crippen LogP contribution in [0.15, 0.2) is 0 Å². The van der Waals surface area contributed by atoms with Gasteiger partial charge in [-0.15, -0.1) is 0 Å². The van der Waals surface area contributed by atoms with E-state index in [1.807, 2.05) is 18.7 Å². The average Bonchev–Trinajstić information content (AvgIpc) is 2.65. The van der Waals surface area contributed by atoms with Crippen LogP contribution in [0, 0.1) is 13.8 Å². The summed E-state index contributed by atoms with van der Waals surface area (Å²) in [7, 11) is 2.06. The van der Waals surface area contributed by atoms with Crippen LogP contribution in [0.25, 0.3) is 0 Å². The number of aromatic amines is 1. The van der Waals surface area contributed by atoms with Crippen LogP contribution < -0.4 is 0 Å². The van der Waals surface area contributed by atoms with E-state index in [0.717, 1.165) is 37.4 Å². The average molecular weight is 263 g/mol. The summed E-state index contributed by atoms with van der Waals surface area (Å²) in [6, 6.07) is 0. The fourth-order valence-corrected chi connectivity index (χ4v) is 2.66. The summed E-state index contributed by atoms with van der Waals surface area (Å²) >= 11 is 0. The molecule has 2 heterocycles. The number of Topliss-reactive ketones (excluding diaryl/α,β-unsaturated/α-hetero) is 1. The maximum absolute atomic E-state index is 12.5. The van der Waals surface area contributed by atoms with E-state index in [-0.39, 0.29) is 11.7 Å². The molecule has 0 saturated carbocycles. The van der Waals surface area contributed by atoms with E-state index in [1.165, 1.54) is 6.92 Å². The number of ketones is 1. The molecule has 0 radical (unpaired) electrons. The maximum Gasteiger partial charge on any atom is 0.270 e. The highest BCUT2D eigenvalue weighted by Crippen LogP contribution is 2.20. The molecule has 2 rings (SSSR count). The van der Waals surface area contributed by atoms with Crippen molar-refractivity contribution in [3.8, 4) is 0 Å². The zero-order chi connectivity index (χ0) is 14.2. The van der Waals surface area contributed by atoms with Gasteiger partial charge in [-0.3, -0.25) is 9.59 Å². The van der Waals surface area contributed by atoms with Crippen molar-refractivity contribution in [3.05, 3.63) is 22.5 Å². The van der Waals surface area contributed by atoms with E-state index in [2.05, 4.69) is 16.9 Å². The van der Waals surface area contributed by atoms with Crippen molar-refractivity contribution in [2.24, 2.45) is 0 Å². The second kappa shape index (κ2) is 5.17. The van der Waals surface area contributed by atoms with Gasteiger partial charge in [0.25, 0.3) is 5.91 Å². The van der Waals surface area contributed by atoms with Gasteiger partial charge in [0.2, 0.25) is 0 Å². The van der Waals surface area contributed by atoms with Crippen molar-refractivity contribution >= 4 is 11.7 Å². The molecule has 1 saturated heterocycles. The Hall–Kier alpha value is -1.62. The summed E-state index contributed by atoms with van der Waals surface area (Å²) in [6.07, 6.45) is 0. The van der Waals surface area contributed by atoms with Crippen molar-refractivity contribution in [2.45, 2.75) is 20.8 Å². The van der Waals surface area contributed by atoms with Gasteiger partial charge in [0.1, 0.15) is 5.69 Å². The summed E-state index contributed by atoms with van der Waals surface area (Å²) in [5, 5.41) is 0. The van der Waals surface area contributed by atoms with Gasteiger partial charge in [0.15, 0.2) is 5.78 Å². The molecule has 1 aromatic heterocycles. The highest BCUT2D eigenvalue weighted by Gasteiger charge is 2.25. The zero-order valence-corrected chi connectivity index (χ0v) is 12.0. The molecule has 0 spiro atoms. The lowest BCUT2D eigenvalue weighted by Crippen LogP contribution is -2.47. The van der Waals surface area contributed by atoms with Gasteiger partial charge >= 0.3 is 0 Å². The third-order valence-electron chi connectivity index (χ3n) is 3.79. The number of carbonyl (C=O) groups excluding carboxylic acids is 2. The Labute approximate surface area is 113 Å². The van der Waals surface area contributed by atoms with Crippen LogP contribution in [-0.2, 0) is 0 Å². The normalized spacial score (nSPS) is 16.7. The summed E-state index contributed by atoms with van der Waals surface area (Å²) in [4.78, 5) is 31.2. The van der Waals surface area contributed by atoms with Crippen molar-refractivity contribution in [2.75, 3.05) is 33.2 Å². The molecule has 104 valence electrons. The number of H-pyrrole nitrogens is 1. The summed E-state index contributed by atoms with van der Waals surface area (Å²) in [5.74, 6) is 0.00452. The number of aryl methyl sites for hydroxylation is 1. The first kappa shape index (κ1) is 13.8.